The molecule has 0 aliphatic heterocycles. The first-order valence-electron chi connectivity index (χ1n) is 5.87. The van der Waals surface area contributed by atoms with Crippen LogP contribution in [0, 0.1) is 11.3 Å². The number of amides is 1. The minimum Gasteiger partial charge on any atom is -0.481 e. The summed E-state index contributed by atoms with van der Waals surface area (Å²) in [6, 6.07) is 0. The molecule has 1 atom stereocenters. The van der Waals surface area contributed by atoms with E-state index < -0.39 is 17.3 Å². The van der Waals surface area contributed by atoms with Crippen molar-refractivity contribution in [2.45, 2.75) is 53.5 Å². The molecule has 0 saturated carbocycles. The number of carboxylic acid groups (broad SMARTS) is 1. The molecule has 0 aromatic carbocycles. The number of hydrogen-bond donors (Lipinski definition) is 1. The third-order valence-electron chi connectivity index (χ3n) is 3.10. The van der Waals surface area contributed by atoms with Crippen molar-refractivity contribution in [1.82, 2.24) is 4.90 Å². The maximum absolute atomic E-state index is 12.0. The van der Waals surface area contributed by atoms with Crippen molar-refractivity contribution in [2.75, 3.05) is 7.05 Å². The van der Waals surface area contributed by atoms with Crippen LogP contribution >= 0.6 is 0 Å². The molecule has 4 heteroatoms. The van der Waals surface area contributed by atoms with Crippen LogP contribution in [0.1, 0.15) is 48.0 Å². The standard InChI is InChI=1S/C13H25NO3/c1-12(2,3)9(11(16)17)8-10(15)14(7)13(4,5)6/h9H,8H2,1-7H3,(H,16,17). The predicted molar refractivity (Wildman–Crippen MR) is 67.7 cm³/mol. The van der Waals surface area contributed by atoms with E-state index in [1.807, 2.05) is 41.5 Å². The topological polar surface area (TPSA) is 57.6 Å². The highest BCUT2D eigenvalue weighted by Gasteiger charge is 2.35. The SMILES string of the molecule is CN(C(=O)CC(C(=O)O)C(C)(C)C)C(C)(C)C. The molecule has 1 amide bonds. The van der Waals surface area contributed by atoms with Gasteiger partial charge in [-0.05, 0) is 26.2 Å². The summed E-state index contributed by atoms with van der Waals surface area (Å²) in [4.78, 5) is 24.8. The molecule has 100 valence electrons. The van der Waals surface area contributed by atoms with Crippen LogP contribution < -0.4 is 0 Å². The Morgan fingerprint density at radius 2 is 1.53 bits per heavy atom. The summed E-state index contributed by atoms with van der Waals surface area (Å²) in [6.45, 7) is 11.3. The molecule has 0 aliphatic carbocycles. The second-order valence-electron chi connectivity index (χ2n) is 6.58. The van der Waals surface area contributed by atoms with Gasteiger partial charge in [-0.25, -0.2) is 0 Å². The Kier molecular flexibility index (Phi) is 4.75. The number of carbonyl (C=O) groups excluding carboxylic acids is 1. The van der Waals surface area contributed by atoms with Crippen LogP contribution in [-0.4, -0.2) is 34.5 Å². The summed E-state index contributed by atoms with van der Waals surface area (Å²) >= 11 is 0. The van der Waals surface area contributed by atoms with Crippen molar-refractivity contribution in [3.8, 4) is 0 Å². The highest BCUT2D eigenvalue weighted by atomic mass is 16.4. The van der Waals surface area contributed by atoms with E-state index in [1.54, 1.807) is 11.9 Å². The summed E-state index contributed by atoms with van der Waals surface area (Å²) in [5.74, 6) is -1.69. The molecule has 0 heterocycles. The Morgan fingerprint density at radius 3 is 1.76 bits per heavy atom. The molecular weight excluding hydrogens is 218 g/mol. The van der Waals surface area contributed by atoms with Gasteiger partial charge in [-0.3, -0.25) is 9.59 Å². The molecule has 0 fully saturated rings. The minimum absolute atomic E-state index is 0.0482. The number of carboxylic acids is 1. The van der Waals surface area contributed by atoms with Gasteiger partial charge in [-0.1, -0.05) is 20.8 Å². The van der Waals surface area contributed by atoms with Gasteiger partial charge in [0.1, 0.15) is 0 Å². The first kappa shape index (κ1) is 15.9. The Morgan fingerprint density at radius 1 is 1.12 bits per heavy atom. The van der Waals surface area contributed by atoms with Gasteiger partial charge in [0.25, 0.3) is 0 Å². The van der Waals surface area contributed by atoms with Crippen LogP contribution in [0.25, 0.3) is 0 Å². The van der Waals surface area contributed by atoms with Crippen molar-refractivity contribution in [1.29, 1.82) is 0 Å². The lowest BCUT2D eigenvalue weighted by Gasteiger charge is -2.34. The fourth-order valence-electron chi connectivity index (χ4n) is 1.45. The van der Waals surface area contributed by atoms with Crippen LogP contribution in [-0.2, 0) is 9.59 Å². The van der Waals surface area contributed by atoms with Gasteiger partial charge in [0.05, 0.1) is 5.92 Å². The van der Waals surface area contributed by atoms with Gasteiger partial charge in [0, 0.05) is 19.0 Å². The first-order valence-corrected chi connectivity index (χ1v) is 5.87. The minimum atomic E-state index is -0.909. The quantitative estimate of drug-likeness (QED) is 0.828. The molecule has 1 unspecified atom stereocenters. The lowest BCUT2D eigenvalue weighted by Crippen LogP contribution is -2.44. The van der Waals surface area contributed by atoms with Gasteiger partial charge in [0.15, 0.2) is 0 Å². The molecule has 0 aromatic heterocycles. The monoisotopic (exact) mass is 243 g/mol. The fourth-order valence-corrected chi connectivity index (χ4v) is 1.45. The molecule has 17 heavy (non-hydrogen) atoms. The molecule has 1 N–H and O–H groups in total. The number of hydrogen-bond acceptors (Lipinski definition) is 2. The van der Waals surface area contributed by atoms with E-state index in [9.17, 15) is 14.7 Å². The number of aliphatic carboxylic acids is 1. The molecule has 0 rings (SSSR count). The largest absolute Gasteiger partial charge is 0.481 e. The van der Waals surface area contributed by atoms with E-state index >= 15 is 0 Å². The highest BCUT2D eigenvalue weighted by molar-refractivity contribution is 5.83. The van der Waals surface area contributed by atoms with Gasteiger partial charge in [-0.2, -0.15) is 0 Å². The van der Waals surface area contributed by atoms with E-state index in [0.29, 0.717) is 0 Å². The summed E-state index contributed by atoms with van der Waals surface area (Å²) in [7, 11) is 1.71. The van der Waals surface area contributed by atoms with Crippen LogP contribution in [0.3, 0.4) is 0 Å². The van der Waals surface area contributed by atoms with Gasteiger partial charge in [-0.15, -0.1) is 0 Å². The highest BCUT2D eigenvalue weighted by Crippen LogP contribution is 2.30. The van der Waals surface area contributed by atoms with Crippen molar-refractivity contribution < 1.29 is 14.7 Å². The van der Waals surface area contributed by atoms with Crippen molar-refractivity contribution >= 4 is 11.9 Å². The average molecular weight is 243 g/mol. The normalized spacial score (nSPS) is 14.3. The maximum Gasteiger partial charge on any atom is 0.307 e. The molecule has 0 aromatic rings. The molecule has 0 radical (unpaired) electrons. The Balaban J connectivity index is 4.82. The lowest BCUT2D eigenvalue weighted by atomic mass is 9.78. The molecule has 0 spiro atoms. The summed E-state index contributed by atoms with van der Waals surface area (Å²) < 4.78 is 0. The van der Waals surface area contributed by atoms with Crippen molar-refractivity contribution in [2.24, 2.45) is 11.3 Å². The van der Waals surface area contributed by atoms with E-state index in [1.165, 1.54) is 0 Å². The second kappa shape index (κ2) is 5.07. The number of nitrogens with zero attached hydrogens (tertiary/aromatic N) is 1. The molecule has 0 aliphatic rings. The third-order valence-corrected chi connectivity index (χ3v) is 3.10. The third kappa shape index (κ3) is 4.75. The smallest absolute Gasteiger partial charge is 0.307 e. The Bertz CT molecular complexity index is 297. The van der Waals surface area contributed by atoms with Crippen molar-refractivity contribution in [3.63, 3.8) is 0 Å². The van der Waals surface area contributed by atoms with Gasteiger partial charge in [0.2, 0.25) is 5.91 Å². The van der Waals surface area contributed by atoms with Crippen LogP contribution in [0.15, 0.2) is 0 Å². The lowest BCUT2D eigenvalue weighted by molar-refractivity contribution is -0.150. The Hall–Kier alpha value is -1.06. The van der Waals surface area contributed by atoms with Crippen LogP contribution in [0.2, 0.25) is 0 Å². The van der Waals surface area contributed by atoms with Gasteiger partial charge >= 0.3 is 5.97 Å². The van der Waals surface area contributed by atoms with E-state index in [4.69, 9.17) is 0 Å². The van der Waals surface area contributed by atoms with Crippen LogP contribution in [0.4, 0.5) is 0 Å². The van der Waals surface area contributed by atoms with Crippen molar-refractivity contribution in [3.05, 3.63) is 0 Å². The summed E-state index contributed by atoms with van der Waals surface area (Å²) in [6.07, 6.45) is 0.0482. The molecular formula is C13H25NO3. The predicted octanol–water partition coefficient (Wildman–Crippen LogP) is 2.38. The zero-order chi connectivity index (χ0) is 14.0. The first-order chi connectivity index (χ1) is 7.37. The van der Waals surface area contributed by atoms with E-state index in [-0.39, 0.29) is 17.9 Å². The molecule has 4 nitrogen and oxygen atoms in total. The zero-order valence-corrected chi connectivity index (χ0v) is 12.0. The molecule has 0 bridgehead atoms. The van der Waals surface area contributed by atoms with Gasteiger partial charge < -0.3 is 10.0 Å². The zero-order valence-electron chi connectivity index (χ0n) is 12.0. The maximum atomic E-state index is 12.0. The summed E-state index contributed by atoms with van der Waals surface area (Å²) in [5.41, 5.74) is -0.696. The Labute approximate surface area is 104 Å². The second-order valence-corrected chi connectivity index (χ2v) is 6.58. The fraction of sp³-hybridized carbons (Fsp3) is 0.846. The molecule has 0 saturated heterocycles. The van der Waals surface area contributed by atoms with Crippen LogP contribution in [0.5, 0.6) is 0 Å². The number of rotatable bonds is 3. The average Bonchev–Trinajstić information content (AvgIpc) is 2.08. The van der Waals surface area contributed by atoms with E-state index in [0.717, 1.165) is 0 Å². The van der Waals surface area contributed by atoms with E-state index in [2.05, 4.69) is 0 Å². The number of carbonyl (C=O) groups is 2. The summed E-state index contributed by atoms with van der Waals surface area (Å²) in [5, 5.41) is 9.17.